The van der Waals surface area contributed by atoms with Crippen molar-refractivity contribution in [2.45, 2.75) is 0 Å². The van der Waals surface area contributed by atoms with E-state index in [1.54, 1.807) is 0 Å². The summed E-state index contributed by atoms with van der Waals surface area (Å²) in [4.78, 5) is 0. The maximum atomic E-state index is 6.14. The minimum Gasteiger partial charge on any atom is -0.456 e. The zero-order valence-electron chi connectivity index (χ0n) is 25.8. The molecule has 0 saturated carbocycles. The highest BCUT2D eigenvalue weighted by atomic mass is 32.1. The van der Waals surface area contributed by atoms with E-state index in [4.69, 9.17) is 4.42 Å². The number of furan rings is 1. The summed E-state index contributed by atoms with van der Waals surface area (Å²) in [7, 11) is 0. The monoisotopic (exact) mass is 626 g/mol. The zero-order valence-corrected chi connectivity index (χ0v) is 26.6. The molecule has 0 aliphatic heterocycles. The second-order valence-corrected chi connectivity index (χ2v) is 13.9. The molecule has 222 valence electrons. The topological polar surface area (TPSA) is 13.1 Å². The third kappa shape index (κ3) is 3.61. The zero-order chi connectivity index (χ0) is 31.3. The van der Waals surface area contributed by atoms with Gasteiger partial charge < -0.3 is 4.42 Å². The molecule has 0 radical (unpaired) electrons. The summed E-state index contributed by atoms with van der Waals surface area (Å²) >= 11 is 1.90. The molecule has 9 aromatic carbocycles. The number of para-hydroxylation sites is 1. The number of hydrogen-bond acceptors (Lipinski definition) is 2. The van der Waals surface area contributed by atoms with E-state index < -0.39 is 0 Å². The van der Waals surface area contributed by atoms with Crippen molar-refractivity contribution in [3.63, 3.8) is 0 Å². The Labute approximate surface area is 280 Å². The van der Waals surface area contributed by atoms with Gasteiger partial charge in [0.2, 0.25) is 0 Å². The van der Waals surface area contributed by atoms with E-state index in [9.17, 15) is 0 Å². The van der Waals surface area contributed by atoms with Gasteiger partial charge >= 0.3 is 0 Å². The molecule has 2 heteroatoms. The van der Waals surface area contributed by atoms with Crippen molar-refractivity contribution in [3.8, 4) is 33.4 Å². The number of hydrogen-bond donors (Lipinski definition) is 0. The Bertz CT molecular complexity index is 3010. The van der Waals surface area contributed by atoms with Crippen LogP contribution in [-0.2, 0) is 0 Å². The first-order valence-electron chi connectivity index (χ1n) is 16.4. The predicted molar refractivity (Wildman–Crippen MR) is 207 cm³/mol. The molecule has 0 saturated heterocycles. The van der Waals surface area contributed by atoms with E-state index in [-0.39, 0.29) is 0 Å². The fourth-order valence-corrected chi connectivity index (χ4v) is 9.33. The summed E-state index contributed by atoms with van der Waals surface area (Å²) in [6, 6.07) is 57.8. The largest absolute Gasteiger partial charge is 0.456 e. The van der Waals surface area contributed by atoms with Crippen LogP contribution in [0.5, 0.6) is 0 Å². The highest BCUT2D eigenvalue weighted by molar-refractivity contribution is 7.26. The highest BCUT2D eigenvalue weighted by Gasteiger charge is 2.21. The van der Waals surface area contributed by atoms with Crippen LogP contribution in [0.15, 0.2) is 162 Å². The second-order valence-electron chi connectivity index (χ2n) is 12.8. The maximum absolute atomic E-state index is 6.14. The molecule has 11 rings (SSSR count). The lowest BCUT2D eigenvalue weighted by Gasteiger charge is -2.19. The molecule has 2 aromatic heterocycles. The first-order valence-corrected chi connectivity index (χ1v) is 17.2. The molecule has 0 atom stereocenters. The molecule has 0 fully saturated rings. The van der Waals surface area contributed by atoms with Crippen LogP contribution in [0.1, 0.15) is 0 Å². The van der Waals surface area contributed by atoms with E-state index in [1.807, 2.05) is 23.5 Å². The SMILES string of the molecule is c1cc(-c2ccc3oc4ccccc4c3c2)cc(-c2c3ccccc3c(-c3cc4cccc5sc6cccc3c6c45)c3ccccc23)c1. The Morgan fingerprint density at radius 3 is 1.73 bits per heavy atom. The van der Waals surface area contributed by atoms with Crippen molar-refractivity contribution >= 4 is 85.8 Å². The van der Waals surface area contributed by atoms with Crippen LogP contribution in [0, 0.1) is 0 Å². The van der Waals surface area contributed by atoms with E-state index in [2.05, 4.69) is 146 Å². The summed E-state index contributed by atoms with van der Waals surface area (Å²) in [6.45, 7) is 0. The molecule has 0 N–H and O–H groups in total. The van der Waals surface area contributed by atoms with Crippen LogP contribution in [0.25, 0.3) is 108 Å². The third-order valence-electron chi connectivity index (χ3n) is 10.2. The fraction of sp³-hybridized carbons (Fsp3) is 0. The minimum absolute atomic E-state index is 0.919. The van der Waals surface area contributed by atoms with Crippen LogP contribution in [-0.4, -0.2) is 0 Å². The molecule has 48 heavy (non-hydrogen) atoms. The lowest BCUT2D eigenvalue weighted by molar-refractivity contribution is 0.669. The Kier molecular flexibility index (Phi) is 5.32. The number of fused-ring (bicyclic) bond motifs is 5. The van der Waals surface area contributed by atoms with Gasteiger partial charge in [0.15, 0.2) is 0 Å². The fourth-order valence-electron chi connectivity index (χ4n) is 8.17. The Hall–Kier alpha value is -5.96. The first-order chi connectivity index (χ1) is 23.8. The Balaban J connectivity index is 1.19. The van der Waals surface area contributed by atoms with Gasteiger partial charge in [-0.15, -0.1) is 11.3 Å². The lowest BCUT2D eigenvalue weighted by atomic mass is 9.83. The van der Waals surface area contributed by atoms with E-state index in [0.717, 1.165) is 21.9 Å². The molecule has 11 aromatic rings. The van der Waals surface area contributed by atoms with Crippen molar-refractivity contribution in [2.75, 3.05) is 0 Å². The molecular weight excluding hydrogens is 601 g/mol. The summed E-state index contributed by atoms with van der Waals surface area (Å²) in [5, 5.41) is 12.8. The van der Waals surface area contributed by atoms with Gasteiger partial charge in [0.1, 0.15) is 11.2 Å². The van der Waals surface area contributed by atoms with Crippen molar-refractivity contribution in [1.82, 2.24) is 0 Å². The third-order valence-corrected chi connectivity index (χ3v) is 11.3. The lowest BCUT2D eigenvalue weighted by Crippen LogP contribution is -1.92. The average Bonchev–Trinajstić information content (AvgIpc) is 3.72. The van der Waals surface area contributed by atoms with Gasteiger partial charge in [-0.1, -0.05) is 115 Å². The van der Waals surface area contributed by atoms with Gasteiger partial charge in [0.25, 0.3) is 0 Å². The summed E-state index contributed by atoms with van der Waals surface area (Å²) < 4.78 is 8.85. The van der Waals surface area contributed by atoms with Gasteiger partial charge in [-0.05, 0) is 108 Å². The highest BCUT2D eigenvalue weighted by Crippen LogP contribution is 2.49. The van der Waals surface area contributed by atoms with Gasteiger partial charge in [-0.2, -0.15) is 0 Å². The Morgan fingerprint density at radius 2 is 0.938 bits per heavy atom. The molecule has 0 spiro atoms. The summed E-state index contributed by atoms with van der Waals surface area (Å²) in [5.74, 6) is 0. The van der Waals surface area contributed by atoms with E-state index in [1.165, 1.54) is 85.9 Å². The van der Waals surface area contributed by atoms with Crippen molar-refractivity contribution in [2.24, 2.45) is 0 Å². The number of rotatable bonds is 3. The van der Waals surface area contributed by atoms with E-state index >= 15 is 0 Å². The quantitative estimate of drug-likeness (QED) is 0.140. The van der Waals surface area contributed by atoms with Crippen molar-refractivity contribution in [1.29, 1.82) is 0 Å². The van der Waals surface area contributed by atoms with Crippen LogP contribution in [0.3, 0.4) is 0 Å². The smallest absolute Gasteiger partial charge is 0.135 e. The minimum atomic E-state index is 0.919. The molecule has 0 unspecified atom stereocenters. The van der Waals surface area contributed by atoms with Crippen LogP contribution < -0.4 is 0 Å². The molecule has 2 heterocycles. The molecule has 0 bridgehead atoms. The number of thiophene rings is 1. The maximum Gasteiger partial charge on any atom is 0.135 e. The Morgan fingerprint density at radius 1 is 0.354 bits per heavy atom. The van der Waals surface area contributed by atoms with Gasteiger partial charge in [-0.25, -0.2) is 0 Å². The second kappa shape index (κ2) is 9.78. The molecule has 1 nitrogen and oxygen atoms in total. The molecular formula is C46H26OS. The van der Waals surface area contributed by atoms with E-state index in [0.29, 0.717) is 0 Å². The summed E-state index contributed by atoms with van der Waals surface area (Å²) in [6.07, 6.45) is 0. The standard InChI is InChI=1S/C46H26OS/c1-3-16-34-32(14-1)43(29-11-7-10-27(24-29)28-22-23-40-37(25-28)31-13-5-6-19-39(31)47-40)33-15-2-4-17-35(33)45(34)38-26-30-12-8-20-41-44(30)46-36(38)18-9-21-42(46)48-41/h1-26H. The summed E-state index contributed by atoms with van der Waals surface area (Å²) in [5.41, 5.74) is 9.31. The van der Waals surface area contributed by atoms with Crippen LogP contribution in [0.4, 0.5) is 0 Å². The normalized spacial score (nSPS) is 12.2. The van der Waals surface area contributed by atoms with Crippen LogP contribution >= 0.6 is 11.3 Å². The number of benzene rings is 9. The molecule has 0 aliphatic rings. The molecule has 0 amide bonds. The van der Waals surface area contributed by atoms with Crippen molar-refractivity contribution < 1.29 is 4.42 Å². The average molecular weight is 627 g/mol. The van der Waals surface area contributed by atoms with Gasteiger partial charge in [0.05, 0.1) is 0 Å². The molecule has 0 aliphatic carbocycles. The van der Waals surface area contributed by atoms with Gasteiger partial charge in [0, 0.05) is 30.9 Å². The van der Waals surface area contributed by atoms with Crippen LogP contribution in [0.2, 0.25) is 0 Å². The first kappa shape index (κ1) is 26.1. The van der Waals surface area contributed by atoms with Crippen molar-refractivity contribution in [3.05, 3.63) is 158 Å². The van der Waals surface area contributed by atoms with Gasteiger partial charge in [-0.3, -0.25) is 0 Å². The predicted octanol–water partition coefficient (Wildman–Crippen LogP) is 13.9.